The highest BCUT2D eigenvalue weighted by Gasteiger charge is 2.00. The van der Waals surface area contributed by atoms with Crippen LogP contribution in [0.4, 0.5) is 0 Å². The topological polar surface area (TPSA) is 12.0 Å². The molecule has 0 amide bonds. The standard InChI is InChI=1S/C14H16BrNS/c1-2-11-5-3-4-6-12(11)8-16-9-14-7-13(15)10-17-14/h3-7,10,16H,2,8-9H2,1H3. The van der Waals surface area contributed by atoms with E-state index < -0.39 is 0 Å². The van der Waals surface area contributed by atoms with Gasteiger partial charge in [-0.2, -0.15) is 0 Å². The molecular formula is C14H16BrNS. The van der Waals surface area contributed by atoms with Crippen molar-refractivity contribution < 1.29 is 0 Å². The quantitative estimate of drug-likeness (QED) is 0.865. The van der Waals surface area contributed by atoms with E-state index in [1.54, 1.807) is 11.3 Å². The summed E-state index contributed by atoms with van der Waals surface area (Å²) in [7, 11) is 0. The molecule has 0 aliphatic carbocycles. The zero-order chi connectivity index (χ0) is 12.1. The van der Waals surface area contributed by atoms with Crippen LogP contribution in [0.2, 0.25) is 0 Å². The van der Waals surface area contributed by atoms with Gasteiger partial charge in [-0.25, -0.2) is 0 Å². The first-order valence-electron chi connectivity index (χ1n) is 5.80. The van der Waals surface area contributed by atoms with Gasteiger partial charge >= 0.3 is 0 Å². The first kappa shape index (κ1) is 12.8. The lowest BCUT2D eigenvalue weighted by Gasteiger charge is -2.08. The van der Waals surface area contributed by atoms with Crippen LogP contribution in [0.3, 0.4) is 0 Å². The predicted octanol–water partition coefficient (Wildman–Crippen LogP) is 4.36. The van der Waals surface area contributed by atoms with Gasteiger partial charge < -0.3 is 5.32 Å². The summed E-state index contributed by atoms with van der Waals surface area (Å²) in [6.45, 7) is 4.09. The summed E-state index contributed by atoms with van der Waals surface area (Å²) >= 11 is 5.26. The minimum absolute atomic E-state index is 0.939. The monoisotopic (exact) mass is 309 g/mol. The third-order valence-electron chi connectivity index (χ3n) is 2.74. The van der Waals surface area contributed by atoms with Crippen molar-refractivity contribution in [3.05, 3.63) is 56.2 Å². The van der Waals surface area contributed by atoms with E-state index >= 15 is 0 Å². The van der Waals surface area contributed by atoms with Crippen molar-refractivity contribution in [2.24, 2.45) is 0 Å². The molecule has 0 bridgehead atoms. The average molecular weight is 310 g/mol. The van der Waals surface area contributed by atoms with Crippen LogP contribution in [-0.4, -0.2) is 0 Å². The van der Waals surface area contributed by atoms with E-state index in [2.05, 4.69) is 63.9 Å². The van der Waals surface area contributed by atoms with Gasteiger partial charge in [0.05, 0.1) is 0 Å². The van der Waals surface area contributed by atoms with Crippen molar-refractivity contribution in [1.29, 1.82) is 0 Å². The Labute approximate surface area is 115 Å². The number of halogens is 1. The molecule has 0 radical (unpaired) electrons. The minimum atomic E-state index is 0.939. The Bertz CT molecular complexity index is 479. The van der Waals surface area contributed by atoms with Gasteiger partial charge in [0.2, 0.25) is 0 Å². The van der Waals surface area contributed by atoms with Crippen molar-refractivity contribution in [2.75, 3.05) is 0 Å². The number of benzene rings is 1. The summed E-state index contributed by atoms with van der Waals surface area (Å²) in [5.74, 6) is 0. The van der Waals surface area contributed by atoms with Crippen LogP contribution < -0.4 is 5.32 Å². The maximum atomic E-state index is 3.50. The number of thiophene rings is 1. The van der Waals surface area contributed by atoms with Crippen molar-refractivity contribution in [3.63, 3.8) is 0 Å². The molecule has 0 aliphatic rings. The molecule has 0 spiro atoms. The Kier molecular flexibility index (Phi) is 4.77. The second-order valence-electron chi connectivity index (χ2n) is 3.96. The summed E-state index contributed by atoms with van der Waals surface area (Å²) in [6, 6.07) is 10.8. The molecule has 1 aromatic carbocycles. The molecule has 2 aromatic rings. The second-order valence-corrected chi connectivity index (χ2v) is 5.87. The van der Waals surface area contributed by atoms with E-state index in [9.17, 15) is 0 Å². The Morgan fingerprint density at radius 2 is 1.94 bits per heavy atom. The Morgan fingerprint density at radius 1 is 1.18 bits per heavy atom. The fraction of sp³-hybridized carbons (Fsp3) is 0.286. The van der Waals surface area contributed by atoms with Gasteiger partial charge in [-0.15, -0.1) is 11.3 Å². The molecular weight excluding hydrogens is 294 g/mol. The van der Waals surface area contributed by atoms with Crippen LogP contribution in [-0.2, 0) is 19.5 Å². The van der Waals surface area contributed by atoms with E-state index in [-0.39, 0.29) is 0 Å². The van der Waals surface area contributed by atoms with Crippen LogP contribution in [0.25, 0.3) is 0 Å². The highest BCUT2D eigenvalue weighted by molar-refractivity contribution is 9.10. The zero-order valence-corrected chi connectivity index (χ0v) is 12.3. The van der Waals surface area contributed by atoms with Crippen molar-refractivity contribution in [2.45, 2.75) is 26.4 Å². The molecule has 3 heteroatoms. The lowest BCUT2D eigenvalue weighted by Crippen LogP contribution is -2.13. The maximum absolute atomic E-state index is 3.50. The van der Waals surface area contributed by atoms with E-state index in [4.69, 9.17) is 0 Å². The largest absolute Gasteiger partial charge is 0.308 e. The van der Waals surface area contributed by atoms with E-state index in [0.29, 0.717) is 0 Å². The molecule has 1 N–H and O–H groups in total. The molecule has 1 nitrogen and oxygen atoms in total. The SMILES string of the molecule is CCc1ccccc1CNCc1cc(Br)cs1. The van der Waals surface area contributed by atoms with E-state index in [0.717, 1.165) is 19.5 Å². The fourth-order valence-corrected chi connectivity index (χ4v) is 3.26. The number of hydrogen-bond acceptors (Lipinski definition) is 2. The van der Waals surface area contributed by atoms with Crippen molar-refractivity contribution in [1.82, 2.24) is 5.32 Å². The number of aryl methyl sites for hydroxylation is 1. The minimum Gasteiger partial charge on any atom is -0.308 e. The number of hydrogen-bond donors (Lipinski definition) is 1. The van der Waals surface area contributed by atoms with E-state index in [1.807, 2.05) is 0 Å². The first-order valence-corrected chi connectivity index (χ1v) is 7.47. The fourth-order valence-electron chi connectivity index (χ4n) is 1.84. The van der Waals surface area contributed by atoms with Gasteiger partial charge in [0.1, 0.15) is 0 Å². The highest BCUT2D eigenvalue weighted by Crippen LogP contribution is 2.19. The third kappa shape index (κ3) is 3.66. The van der Waals surface area contributed by atoms with Gasteiger partial charge in [0.15, 0.2) is 0 Å². The van der Waals surface area contributed by atoms with E-state index in [1.165, 1.54) is 20.5 Å². The smallest absolute Gasteiger partial charge is 0.0303 e. The molecule has 17 heavy (non-hydrogen) atoms. The first-order chi connectivity index (χ1) is 8.29. The summed E-state index contributed by atoms with van der Waals surface area (Å²) in [4.78, 5) is 1.37. The van der Waals surface area contributed by atoms with Gasteiger partial charge in [-0.1, -0.05) is 31.2 Å². The van der Waals surface area contributed by atoms with Crippen LogP contribution >= 0.6 is 27.3 Å². The summed E-state index contributed by atoms with van der Waals surface area (Å²) in [5, 5.41) is 5.62. The molecule has 1 heterocycles. The van der Waals surface area contributed by atoms with Gasteiger partial charge in [-0.3, -0.25) is 0 Å². The van der Waals surface area contributed by atoms with Gasteiger partial charge in [-0.05, 0) is 39.5 Å². The Balaban J connectivity index is 1.89. The molecule has 90 valence electrons. The molecule has 0 saturated heterocycles. The summed E-state index contributed by atoms with van der Waals surface area (Å²) in [6.07, 6.45) is 1.10. The molecule has 0 aliphatic heterocycles. The van der Waals surface area contributed by atoms with Crippen molar-refractivity contribution >= 4 is 27.3 Å². The van der Waals surface area contributed by atoms with Crippen LogP contribution in [0.1, 0.15) is 22.9 Å². The Morgan fingerprint density at radius 3 is 2.59 bits per heavy atom. The highest BCUT2D eigenvalue weighted by atomic mass is 79.9. The number of rotatable bonds is 5. The maximum Gasteiger partial charge on any atom is 0.0303 e. The predicted molar refractivity (Wildman–Crippen MR) is 78.4 cm³/mol. The van der Waals surface area contributed by atoms with Crippen LogP contribution in [0, 0.1) is 0 Å². The second kappa shape index (κ2) is 6.34. The molecule has 0 fully saturated rings. The van der Waals surface area contributed by atoms with Crippen molar-refractivity contribution in [3.8, 4) is 0 Å². The summed E-state index contributed by atoms with van der Waals surface area (Å²) < 4.78 is 1.17. The Hall–Kier alpha value is -0.640. The lowest BCUT2D eigenvalue weighted by atomic mass is 10.1. The van der Waals surface area contributed by atoms with Crippen LogP contribution in [0.15, 0.2) is 40.2 Å². The average Bonchev–Trinajstić information content (AvgIpc) is 2.76. The molecule has 1 aromatic heterocycles. The molecule has 0 unspecified atom stereocenters. The number of nitrogens with one attached hydrogen (secondary N) is 1. The normalized spacial score (nSPS) is 10.7. The molecule has 0 saturated carbocycles. The third-order valence-corrected chi connectivity index (χ3v) is 4.43. The molecule has 2 rings (SSSR count). The zero-order valence-electron chi connectivity index (χ0n) is 9.87. The van der Waals surface area contributed by atoms with Gasteiger partial charge in [0, 0.05) is 27.8 Å². The molecule has 0 atom stereocenters. The van der Waals surface area contributed by atoms with Crippen LogP contribution in [0.5, 0.6) is 0 Å². The summed E-state index contributed by atoms with van der Waals surface area (Å²) in [5.41, 5.74) is 2.85. The lowest BCUT2D eigenvalue weighted by molar-refractivity contribution is 0.695. The van der Waals surface area contributed by atoms with Gasteiger partial charge in [0.25, 0.3) is 0 Å².